The minimum atomic E-state index is -4.33. The van der Waals surface area contributed by atoms with Crippen LogP contribution in [0.1, 0.15) is 58.4 Å². The van der Waals surface area contributed by atoms with Gasteiger partial charge in [0, 0.05) is 11.5 Å². The van der Waals surface area contributed by atoms with Crippen LogP contribution in [0.15, 0.2) is 36.4 Å². The smallest absolute Gasteiger partial charge is 0.416 e. The summed E-state index contributed by atoms with van der Waals surface area (Å²) in [5.74, 6) is 2.67. The van der Waals surface area contributed by atoms with E-state index in [9.17, 15) is 18.0 Å². The van der Waals surface area contributed by atoms with Crippen molar-refractivity contribution < 1.29 is 22.7 Å². The number of alkyl halides is 3. The maximum Gasteiger partial charge on any atom is 0.416 e. The third kappa shape index (κ3) is 3.45. The van der Waals surface area contributed by atoms with Gasteiger partial charge in [-0.15, -0.1) is 0 Å². The molecule has 0 unspecified atom stereocenters. The summed E-state index contributed by atoms with van der Waals surface area (Å²) in [5.41, 5.74) is -0.471. The van der Waals surface area contributed by atoms with E-state index < -0.39 is 11.7 Å². The quantitative estimate of drug-likeness (QED) is 0.604. The molecule has 1 aromatic rings. The number of hydrogen-bond donors (Lipinski definition) is 1. The molecule has 0 bridgehead atoms. The van der Waals surface area contributed by atoms with Crippen molar-refractivity contribution in [1.29, 1.82) is 0 Å². The lowest BCUT2D eigenvalue weighted by molar-refractivity contribution is -0.137. The standard InChI is InChI=1S/C26H32F3NO2/c1-15-12-21-25(3,11-9-22(31)30-21)19-8-10-24(2)14-18(13-20(24)23(15)19)32-17-6-4-16(5-7-17)26(27,28)29/h4-7,9,11,15,18-21,23H,8,10,12-14H2,1-3H3,(H,30,31)/t15-,18-,19-,20-,21+,23+,24+,25+/m0/s1. The summed E-state index contributed by atoms with van der Waals surface area (Å²) in [4.78, 5) is 12.0. The summed E-state index contributed by atoms with van der Waals surface area (Å²) in [5, 5.41) is 3.22. The zero-order valence-corrected chi connectivity index (χ0v) is 18.9. The number of benzene rings is 1. The van der Waals surface area contributed by atoms with Gasteiger partial charge in [0.05, 0.1) is 11.7 Å². The third-order valence-electron chi connectivity index (χ3n) is 9.27. The second-order valence-corrected chi connectivity index (χ2v) is 11.2. The van der Waals surface area contributed by atoms with E-state index in [1.807, 2.05) is 0 Å². The SMILES string of the molecule is C[C@H]1C[C@H]2NC(=O)C=C[C@]2(C)[C@H]2CC[C@]3(C)C[C@@H](Oc4ccc(C(F)(F)F)cc4)C[C@H]3[C@H]12. The number of carbonyl (C=O) groups excluding carboxylic acids is 1. The number of rotatable bonds is 2. The van der Waals surface area contributed by atoms with Crippen molar-refractivity contribution in [2.75, 3.05) is 0 Å². The number of carbonyl (C=O) groups is 1. The molecule has 3 aliphatic carbocycles. The van der Waals surface area contributed by atoms with Crippen LogP contribution in [0.4, 0.5) is 13.2 Å². The van der Waals surface area contributed by atoms with E-state index in [1.54, 1.807) is 6.08 Å². The fraction of sp³-hybridized carbons (Fsp3) is 0.654. The highest BCUT2D eigenvalue weighted by molar-refractivity contribution is 5.89. The Balaban J connectivity index is 1.36. The molecule has 4 aliphatic rings. The van der Waals surface area contributed by atoms with Crippen LogP contribution in [-0.4, -0.2) is 18.1 Å². The molecule has 3 saturated carbocycles. The maximum absolute atomic E-state index is 12.9. The predicted molar refractivity (Wildman–Crippen MR) is 116 cm³/mol. The van der Waals surface area contributed by atoms with Gasteiger partial charge in [-0.25, -0.2) is 0 Å². The van der Waals surface area contributed by atoms with Gasteiger partial charge in [-0.1, -0.05) is 26.8 Å². The molecule has 5 rings (SSSR count). The number of amides is 1. The second kappa shape index (κ2) is 7.26. The molecular formula is C26H32F3NO2. The van der Waals surface area contributed by atoms with Gasteiger partial charge in [0.25, 0.3) is 0 Å². The average molecular weight is 448 g/mol. The van der Waals surface area contributed by atoms with Crippen LogP contribution in [0.5, 0.6) is 5.75 Å². The van der Waals surface area contributed by atoms with Crippen LogP contribution in [0.3, 0.4) is 0 Å². The van der Waals surface area contributed by atoms with Gasteiger partial charge in [0.1, 0.15) is 5.75 Å². The van der Waals surface area contributed by atoms with Crippen LogP contribution in [0, 0.1) is 34.5 Å². The Hall–Kier alpha value is -1.98. The lowest BCUT2D eigenvalue weighted by Crippen LogP contribution is -2.61. The number of hydrogen-bond acceptors (Lipinski definition) is 2. The van der Waals surface area contributed by atoms with Gasteiger partial charge >= 0.3 is 6.18 Å². The molecule has 3 nitrogen and oxygen atoms in total. The Morgan fingerprint density at radius 2 is 1.81 bits per heavy atom. The third-order valence-corrected chi connectivity index (χ3v) is 9.27. The van der Waals surface area contributed by atoms with Crippen molar-refractivity contribution in [3.8, 4) is 5.75 Å². The lowest BCUT2D eigenvalue weighted by Gasteiger charge is -2.60. The van der Waals surface area contributed by atoms with Gasteiger partial charge < -0.3 is 10.1 Å². The molecule has 1 amide bonds. The highest BCUT2D eigenvalue weighted by Gasteiger charge is 2.60. The molecule has 32 heavy (non-hydrogen) atoms. The Labute approximate surface area is 187 Å². The van der Waals surface area contributed by atoms with E-state index in [0.29, 0.717) is 29.4 Å². The minimum Gasteiger partial charge on any atom is -0.490 e. The van der Waals surface area contributed by atoms with Gasteiger partial charge in [0.2, 0.25) is 5.91 Å². The average Bonchev–Trinajstić information content (AvgIpc) is 3.05. The Bertz CT molecular complexity index is 926. The van der Waals surface area contributed by atoms with Crippen LogP contribution < -0.4 is 10.1 Å². The number of halogens is 3. The van der Waals surface area contributed by atoms with E-state index in [4.69, 9.17) is 4.74 Å². The van der Waals surface area contributed by atoms with Crippen molar-refractivity contribution in [2.45, 2.75) is 71.2 Å². The van der Waals surface area contributed by atoms with Crippen molar-refractivity contribution in [2.24, 2.45) is 34.5 Å². The van der Waals surface area contributed by atoms with Gasteiger partial charge in [-0.3, -0.25) is 4.79 Å². The molecule has 1 aliphatic heterocycles. The zero-order valence-electron chi connectivity index (χ0n) is 18.9. The first kappa shape index (κ1) is 21.8. The van der Waals surface area contributed by atoms with Crippen LogP contribution in [0.2, 0.25) is 0 Å². The maximum atomic E-state index is 12.9. The zero-order chi connectivity index (χ0) is 22.9. The number of nitrogens with one attached hydrogen (secondary N) is 1. The predicted octanol–water partition coefficient (Wildman–Crippen LogP) is 6.00. The van der Waals surface area contributed by atoms with E-state index in [1.165, 1.54) is 12.1 Å². The number of ether oxygens (including phenoxy) is 1. The molecular weight excluding hydrogens is 415 g/mol. The van der Waals surface area contributed by atoms with Crippen molar-refractivity contribution >= 4 is 5.91 Å². The molecule has 0 saturated heterocycles. The highest BCUT2D eigenvalue weighted by atomic mass is 19.4. The first-order chi connectivity index (χ1) is 15.0. The largest absolute Gasteiger partial charge is 0.490 e. The van der Waals surface area contributed by atoms with E-state index in [0.717, 1.165) is 44.2 Å². The minimum absolute atomic E-state index is 0.0151. The van der Waals surface area contributed by atoms with Gasteiger partial charge in [-0.05, 0) is 91.5 Å². The molecule has 1 heterocycles. The van der Waals surface area contributed by atoms with Crippen LogP contribution in [0.25, 0.3) is 0 Å². The molecule has 0 radical (unpaired) electrons. The summed E-state index contributed by atoms with van der Waals surface area (Å²) in [6, 6.07) is 5.29. The fourth-order valence-electron chi connectivity index (χ4n) is 7.68. The number of fused-ring (bicyclic) bond motifs is 5. The van der Waals surface area contributed by atoms with E-state index in [2.05, 4.69) is 32.2 Å². The summed E-state index contributed by atoms with van der Waals surface area (Å²) >= 11 is 0. The molecule has 1 aromatic carbocycles. The molecule has 8 atom stereocenters. The Morgan fingerprint density at radius 3 is 2.50 bits per heavy atom. The molecule has 3 fully saturated rings. The van der Waals surface area contributed by atoms with Gasteiger partial charge in [-0.2, -0.15) is 13.2 Å². The lowest BCUT2D eigenvalue weighted by atomic mass is 9.46. The fourth-order valence-corrected chi connectivity index (χ4v) is 7.68. The summed E-state index contributed by atoms with van der Waals surface area (Å²) in [6.45, 7) is 7.02. The van der Waals surface area contributed by atoms with E-state index >= 15 is 0 Å². The normalized spacial score (nSPS) is 43.1. The van der Waals surface area contributed by atoms with Crippen molar-refractivity contribution in [3.05, 3.63) is 42.0 Å². The first-order valence-electron chi connectivity index (χ1n) is 11.8. The molecule has 0 spiro atoms. The summed E-state index contributed by atoms with van der Waals surface area (Å²) < 4.78 is 44.8. The second-order valence-electron chi connectivity index (χ2n) is 11.2. The molecule has 6 heteroatoms. The van der Waals surface area contributed by atoms with E-state index in [-0.39, 0.29) is 28.9 Å². The Morgan fingerprint density at radius 1 is 1.09 bits per heavy atom. The van der Waals surface area contributed by atoms with Crippen molar-refractivity contribution in [1.82, 2.24) is 5.32 Å². The first-order valence-corrected chi connectivity index (χ1v) is 11.8. The molecule has 1 N–H and O–H groups in total. The van der Waals surface area contributed by atoms with Crippen LogP contribution >= 0.6 is 0 Å². The monoisotopic (exact) mass is 447 g/mol. The molecule has 0 aromatic heterocycles. The summed E-state index contributed by atoms with van der Waals surface area (Å²) in [6.07, 6.45) is 4.72. The Kier molecular flexibility index (Phi) is 4.96. The molecule has 174 valence electrons. The topological polar surface area (TPSA) is 38.3 Å². The highest BCUT2D eigenvalue weighted by Crippen LogP contribution is 2.64. The van der Waals surface area contributed by atoms with Crippen molar-refractivity contribution in [3.63, 3.8) is 0 Å². The van der Waals surface area contributed by atoms with Crippen LogP contribution in [-0.2, 0) is 11.0 Å². The summed E-state index contributed by atoms with van der Waals surface area (Å²) in [7, 11) is 0. The van der Waals surface area contributed by atoms with Gasteiger partial charge in [0.15, 0.2) is 0 Å².